The van der Waals surface area contributed by atoms with Crippen LogP contribution in [0, 0.1) is 19.7 Å². The highest BCUT2D eigenvalue weighted by Crippen LogP contribution is 2.27. The first-order valence-corrected chi connectivity index (χ1v) is 9.35. The number of carbonyl (C=O) groups excluding carboxylic acids is 1. The van der Waals surface area contributed by atoms with Crippen LogP contribution in [0.1, 0.15) is 51.7 Å². The summed E-state index contributed by atoms with van der Waals surface area (Å²) in [6, 6.07) is 4.68. The van der Waals surface area contributed by atoms with Crippen LogP contribution in [-0.4, -0.2) is 22.4 Å². The molecule has 0 unspecified atom stereocenters. The number of hydrogen-bond acceptors (Lipinski definition) is 4. The van der Waals surface area contributed by atoms with Gasteiger partial charge in [0.2, 0.25) is 0 Å². The van der Waals surface area contributed by atoms with E-state index in [0.29, 0.717) is 23.9 Å². The fraction of sp³-hybridized carbons (Fsp3) is 0.381. The molecule has 6 heteroatoms. The molecule has 0 spiro atoms. The van der Waals surface area contributed by atoms with Gasteiger partial charge in [-0.2, -0.15) is 0 Å². The molecule has 2 heterocycles. The monoisotopic (exact) mass is 367 g/mol. The third-order valence-electron chi connectivity index (χ3n) is 5.19. The van der Waals surface area contributed by atoms with Crippen molar-refractivity contribution >= 4 is 16.9 Å². The molecule has 1 N–H and O–H groups in total. The van der Waals surface area contributed by atoms with Crippen LogP contribution in [-0.2, 0) is 19.3 Å². The standard InChI is InChI=1S/C21H22FN3O2/c1-12-14-7-5-8-16(22)20(14)27-19(12)21(26)23-11-10-18-24-13(2)15-6-3-4-9-17(15)25-18/h5,7-8H,3-4,6,9-11H2,1-2H3,(H,23,26). The number of nitrogens with zero attached hydrogens (tertiary/aromatic N) is 2. The molecule has 0 saturated carbocycles. The average molecular weight is 367 g/mol. The largest absolute Gasteiger partial charge is 0.448 e. The molecular weight excluding hydrogens is 345 g/mol. The van der Waals surface area contributed by atoms with Gasteiger partial charge < -0.3 is 9.73 Å². The number of benzene rings is 1. The number of para-hydroxylation sites is 1. The lowest BCUT2D eigenvalue weighted by Crippen LogP contribution is -2.26. The summed E-state index contributed by atoms with van der Waals surface area (Å²) in [4.78, 5) is 21.7. The van der Waals surface area contributed by atoms with Gasteiger partial charge in [-0.3, -0.25) is 4.79 Å². The minimum atomic E-state index is -0.465. The predicted molar refractivity (Wildman–Crippen MR) is 100 cm³/mol. The molecule has 0 bridgehead atoms. The normalized spacial score (nSPS) is 13.6. The molecule has 2 aromatic heterocycles. The first-order valence-electron chi connectivity index (χ1n) is 9.35. The van der Waals surface area contributed by atoms with Gasteiger partial charge in [0.05, 0.1) is 0 Å². The van der Waals surface area contributed by atoms with E-state index in [9.17, 15) is 9.18 Å². The van der Waals surface area contributed by atoms with Gasteiger partial charge in [-0.25, -0.2) is 14.4 Å². The Morgan fingerprint density at radius 2 is 2.04 bits per heavy atom. The molecule has 1 aromatic carbocycles. The molecule has 5 nitrogen and oxygen atoms in total. The van der Waals surface area contributed by atoms with Crippen LogP contribution in [0.4, 0.5) is 4.39 Å². The van der Waals surface area contributed by atoms with E-state index in [4.69, 9.17) is 4.42 Å². The molecule has 0 radical (unpaired) electrons. The van der Waals surface area contributed by atoms with Crippen molar-refractivity contribution < 1.29 is 13.6 Å². The Bertz CT molecular complexity index is 1030. The molecule has 1 amide bonds. The molecule has 27 heavy (non-hydrogen) atoms. The van der Waals surface area contributed by atoms with Gasteiger partial charge in [-0.15, -0.1) is 0 Å². The summed E-state index contributed by atoms with van der Waals surface area (Å²) in [7, 11) is 0. The number of carbonyl (C=O) groups is 1. The highest BCUT2D eigenvalue weighted by Gasteiger charge is 2.20. The van der Waals surface area contributed by atoms with Crippen molar-refractivity contribution in [3.8, 4) is 0 Å². The Labute approximate surface area is 157 Å². The number of rotatable bonds is 4. The number of nitrogens with one attached hydrogen (secondary N) is 1. The second-order valence-corrected chi connectivity index (χ2v) is 7.04. The van der Waals surface area contributed by atoms with E-state index in [-0.39, 0.29) is 17.3 Å². The molecule has 140 valence electrons. The third kappa shape index (κ3) is 3.31. The third-order valence-corrected chi connectivity index (χ3v) is 5.19. The van der Waals surface area contributed by atoms with Crippen molar-refractivity contribution in [2.75, 3.05) is 6.54 Å². The van der Waals surface area contributed by atoms with Crippen LogP contribution in [0.5, 0.6) is 0 Å². The maximum Gasteiger partial charge on any atom is 0.287 e. The van der Waals surface area contributed by atoms with Crippen LogP contribution >= 0.6 is 0 Å². The summed E-state index contributed by atoms with van der Waals surface area (Å²) in [5.74, 6) is 0.0869. The number of aromatic nitrogens is 2. The Balaban J connectivity index is 1.45. The Morgan fingerprint density at radius 1 is 1.22 bits per heavy atom. The van der Waals surface area contributed by atoms with Gasteiger partial charge in [0, 0.05) is 35.3 Å². The lowest BCUT2D eigenvalue weighted by molar-refractivity contribution is 0.0927. The van der Waals surface area contributed by atoms with E-state index in [2.05, 4.69) is 15.3 Å². The van der Waals surface area contributed by atoms with Crippen LogP contribution in [0.15, 0.2) is 22.6 Å². The van der Waals surface area contributed by atoms with Crippen LogP contribution in [0.2, 0.25) is 0 Å². The summed E-state index contributed by atoms with van der Waals surface area (Å²) in [5, 5.41) is 3.45. The smallest absolute Gasteiger partial charge is 0.287 e. The summed E-state index contributed by atoms with van der Waals surface area (Å²) in [6.45, 7) is 4.19. The quantitative estimate of drug-likeness (QED) is 0.761. The molecule has 0 aliphatic heterocycles. The Kier molecular flexibility index (Phi) is 4.64. The van der Waals surface area contributed by atoms with Gasteiger partial charge in [0.15, 0.2) is 17.2 Å². The maximum atomic E-state index is 13.9. The molecule has 0 saturated heterocycles. The fourth-order valence-electron chi connectivity index (χ4n) is 3.75. The molecule has 1 aliphatic rings. The van der Waals surface area contributed by atoms with Crippen LogP contribution < -0.4 is 5.32 Å². The lowest BCUT2D eigenvalue weighted by Gasteiger charge is -2.17. The molecule has 3 aromatic rings. The SMILES string of the molecule is Cc1nc(CCNC(=O)c2oc3c(F)cccc3c2C)nc2c1CCCC2. The molecule has 0 fully saturated rings. The number of halogens is 1. The van der Waals surface area contributed by atoms with Crippen molar-refractivity contribution in [3.63, 3.8) is 0 Å². The van der Waals surface area contributed by atoms with Crippen molar-refractivity contribution in [1.82, 2.24) is 15.3 Å². The van der Waals surface area contributed by atoms with Gasteiger partial charge in [0.25, 0.3) is 5.91 Å². The first kappa shape index (κ1) is 17.6. The zero-order valence-electron chi connectivity index (χ0n) is 15.6. The molecule has 4 rings (SSSR count). The average Bonchev–Trinajstić information content (AvgIpc) is 3.00. The maximum absolute atomic E-state index is 13.9. The zero-order valence-corrected chi connectivity index (χ0v) is 15.6. The van der Waals surface area contributed by atoms with E-state index in [1.165, 1.54) is 24.5 Å². The number of fused-ring (bicyclic) bond motifs is 2. The van der Waals surface area contributed by atoms with Gasteiger partial charge in [0.1, 0.15) is 5.82 Å². The topological polar surface area (TPSA) is 68.0 Å². The molecule has 0 atom stereocenters. The lowest BCUT2D eigenvalue weighted by atomic mass is 9.95. The zero-order chi connectivity index (χ0) is 19.0. The van der Waals surface area contributed by atoms with Crippen molar-refractivity contribution in [2.45, 2.75) is 46.0 Å². The predicted octanol–water partition coefficient (Wildman–Crippen LogP) is 3.83. The van der Waals surface area contributed by atoms with Crippen molar-refractivity contribution in [2.24, 2.45) is 0 Å². The number of furan rings is 1. The molecular formula is C21H22FN3O2. The summed E-state index contributed by atoms with van der Waals surface area (Å²) < 4.78 is 19.3. The van der Waals surface area contributed by atoms with Gasteiger partial charge in [-0.05, 0) is 51.2 Å². The van der Waals surface area contributed by atoms with Gasteiger partial charge in [-0.1, -0.05) is 12.1 Å². The summed E-state index contributed by atoms with van der Waals surface area (Å²) in [6.07, 6.45) is 4.97. The van der Waals surface area contributed by atoms with Crippen molar-refractivity contribution in [1.29, 1.82) is 0 Å². The molecule has 1 aliphatic carbocycles. The van der Waals surface area contributed by atoms with E-state index < -0.39 is 5.82 Å². The number of aryl methyl sites for hydroxylation is 3. The highest BCUT2D eigenvalue weighted by molar-refractivity contribution is 5.98. The minimum absolute atomic E-state index is 0.119. The second-order valence-electron chi connectivity index (χ2n) is 7.04. The first-order chi connectivity index (χ1) is 13.0. The van der Waals surface area contributed by atoms with Crippen LogP contribution in [0.3, 0.4) is 0 Å². The van der Waals surface area contributed by atoms with Crippen LogP contribution in [0.25, 0.3) is 11.0 Å². The van der Waals surface area contributed by atoms with Crippen molar-refractivity contribution in [3.05, 3.63) is 58.1 Å². The number of hydrogen-bond donors (Lipinski definition) is 1. The van der Waals surface area contributed by atoms with E-state index in [1.54, 1.807) is 19.1 Å². The van der Waals surface area contributed by atoms with E-state index in [0.717, 1.165) is 30.1 Å². The summed E-state index contributed by atoms with van der Waals surface area (Å²) in [5.41, 5.74) is 4.24. The second kappa shape index (κ2) is 7.10. The van der Waals surface area contributed by atoms with E-state index in [1.807, 2.05) is 6.92 Å². The Morgan fingerprint density at radius 3 is 2.85 bits per heavy atom. The van der Waals surface area contributed by atoms with Gasteiger partial charge >= 0.3 is 0 Å². The fourth-order valence-corrected chi connectivity index (χ4v) is 3.75. The minimum Gasteiger partial charge on any atom is -0.448 e. The summed E-state index contributed by atoms with van der Waals surface area (Å²) >= 11 is 0. The number of amides is 1. The van der Waals surface area contributed by atoms with E-state index >= 15 is 0 Å². The highest BCUT2D eigenvalue weighted by atomic mass is 19.1. The Hall–Kier alpha value is -2.76.